The third-order valence-corrected chi connectivity index (χ3v) is 4.23. The molecule has 0 rings (SSSR count). The van der Waals surface area contributed by atoms with Crippen molar-refractivity contribution in [3.8, 4) is 0 Å². The van der Waals surface area contributed by atoms with Crippen molar-refractivity contribution in [2.24, 2.45) is 5.92 Å². The van der Waals surface area contributed by atoms with Crippen molar-refractivity contribution < 1.29 is 9.90 Å². The van der Waals surface area contributed by atoms with Crippen LogP contribution in [0.4, 0.5) is 0 Å². The molecular weight excluding hydrogens is 196 g/mol. The summed E-state index contributed by atoms with van der Waals surface area (Å²) in [5.74, 6) is 0.716. The van der Waals surface area contributed by atoms with E-state index in [1.165, 1.54) is 0 Å². The highest BCUT2D eigenvalue weighted by molar-refractivity contribution is 8.01. The maximum absolute atomic E-state index is 11.3. The summed E-state index contributed by atoms with van der Waals surface area (Å²) in [5, 5.41) is 9.28. The van der Waals surface area contributed by atoms with E-state index in [4.69, 9.17) is 0 Å². The fraction of sp³-hybridized carbons (Fsp3) is 0.909. The second kappa shape index (κ2) is 6.33. The van der Waals surface area contributed by atoms with Crippen molar-refractivity contribution >= 4 is 17.7 Å². The predicted molar refractivity (Wildman–Crippen MR) is 62.9 cm³/mol. The summed E-state index contributed by atoms with van der Waals surface area (Å²) in [6.07, 6.45) is 2.55. The monoisotopic (exact) mass is 218 g/mol. The van der Waals surface area contributed by atoms with E-state index in [0.717, 1.165) is 18.6 Å². The van der Waals surface area contributed by atoms with Crippen LogP contribution in [0.3, 0.4) is 0 Å². The number of rotatable bonds is 7. The van der Waals surface area contributed by atoms with Gasteiger partial charge in [-0.25, -0.2) is 0 Å². The van der Waals surface area contributed by atoms with Gasteiger partial charge in [-0.3, -0.25) is 4.79 Å². The van der Waals surface area contributed by atoms with Crippen molar-refractivity contribution in [1.82, 2.24) is 0 Å². The van der Waals surface area contributed by atoms with Crippen LogP contribution in [0.15, 0.2) is 0 Å². The van der Waals surface area contributed by atoms with Crippen molar-refractivity contribution in [2.75, 3.05) is 5.75 Å². The molecule has 0 amide bonds. The van der Waals surface area contributed by atoms with Crippen molar-refractivity contribution in [1.29, 1.82) is 0 Å². The summed E-state index contributed by atoms with van der Waals surface area (Å²) in [4.78, 5) is 11.3. The molecule has 0 aromatic rings. The highest BCUT2D eigenvalue weighted by atomic mass is 32.2. The Bertz CT molecular complexity index is 182. The Kier molecular flexibility index (Phi) is 6.25. The average Bonchev–Trinajstić information content (AvgIpc) is 2.16. The number of carbonyl (C=O) groups is 1. The molecule has 0 spiro atoms. The zero-order valence-corrected chi connectivity index (χ0v) is 10.5. The fourth-order valence-corrected chi connectivity index (χ4v) is 2.87. The Morgan fingerprint density at radius 1 is 1.43 bits per heavy atom. The van der Waals surface area contributed by atoms with Gasteiger partial charge in [-0.05, 0) is 24.5 Å². The second-order valence-corrected chi connectivity index (χ2v) is 5.45. The molecule has 3 heteroatoms. The first kappa shape index (κ1) is 13.8. The molecule has 2 unspecified atom stereocenters. The van der Waals surface area contributed by atoms with E-state index in [0.29, 0.717) is 12.3 Å². The van der Waals surface area contributed by atoms with Crippen LogP contribution in [0.5, 0.6) is 0 Å². The fourth-order valence-electron chi connectivity index (χ4n) is 1.59. The lowest BCUT2D eigenvalue weighted by atomic mass is 9.91. The van der Waals surface area contributed by atoms with Gasteiger partial charge in [-0.15, -0.1) is 11.8 Å². The topological polar surface area (TPSA) is 37.3 Å². The lowest BCUT2D eigenvalue weighted by Crippen LogP contribution is -2.36. The number of carboxylic acid groups (broad SMARTS) is 1. The lowest BCUT2D eigenvalue weighted by molar-refractivity contribution is -0.140. The Morgan fingerprint density at radius 3 is 2.29 bits per heavy atom. The Hall–Kier alpha value is -0.180. The lowest BCUT2D eigenvalue weighted by Gasteiger charge is -2.29. The third-order valence-electron chi connectivity index (χ3n) is 2.76. The minimum atomic E-state index is -0.646. The largest absolute Gasteiger partial charge is 0.480 e. The first-order valence-corrected chi connectivity index (χ1v) is 6.38. The molecule has 0 bridgehead atoms. The first-order valence-electron chi connectivity index (χ1n) is 5.39. The van der Waals surface area contributed by atoms with Crippen LogP contribution in [0.2, 0.25) is 0 Å². The predicted octanol–water partition coefficient (Wildman–Crippen LogP) is 3.41. The van der Waals surface area contributed by atoms with Gasteiger partial charge in [0.25, 0.3) is 0 Å². The van der Waals surface area contributed by atoms with Crippen molar-refractivity contribution in [2.45, 2.75) is 51.7 Å². The van der Waals surface area contributed by atoms with E-state index in [2.05, 4.69) is 13.8 Å². The van der Waals surface area contributed by atoms with Crippen LogP contribution in [-0.2, 0) is 4.79 Å². The van der Waals surface area contributed by atoms with Crippen molar-refractivity contribution in [3.63, 3.8) is 0 Å². The van der Waals surface area contributed by atoms with E-state index in [1.807, 2.05) is 13.8 Å². The zero-order chi connectivity index (χ0) is 11.2. The number of hydrogen-bond donors (Lipinski definition) is 1. The van der Waals surface area contributed by atoms with Crippen LogP contribution in [0.25, 0.3) is 0 Å². The summed E-state index contributed by atoms with van der Waals surface area (Å²) in [5.41, 5.74) is 0. The van der Waals surface area contributed by atoms with Gasteiger partial charge in [0.05, 0.1) is 0 Å². The van der Waals surface area contributed by atoms with Gasteiger partial charge < -0.3 is 5.11 Å². The molecule has 0 fully saturated rings. The molecule has 0 aromatic heterocycles. The first-order chi connectivity index (χ1) is 6.52. The van der Waals surface area contributed by atoms with Crippen LogP contribution in [0, 0.1) is 5.92 Å². The van der Waals surface area contributed by atoms with Gasteiger partial charge in [0.2, 0.25) is 0 Å². The molecule has 84 valence electrons. The van der Waals surface area contributed by atoms with Crippen LogP contribution >= 0.6 is 11.8 Å². The number of hydrogen-bond acceptors (Lipinski definition) is 2. The second-order valence-electron chi connectivity index (χ2n) is 3.80. The zero-order valence-electron chi connectivity index (χ0n) is 9.67. The van der Waals surface area contributed by atoms with E-state index < -0.39 is 10.7 Å². The van der Waals surface area contributed by atoms with E-state index in [1.54, 1.807) is 11.8 Å². The standard InChI is InChI=1S/C11H22O2S/c1-5-9(4)8-11(6-2,10(12)13)14-7-3/h9H,5-8H2,1-4H3,(H,12,13). The van der Waals surface area contributed by atoms with Gasteiger partial charge >= 0.3 is 5.97 Å². The highest BCUT2D eigenvalue weighted by Crippen LogP contribution is 2.36. The van der Waals surface area contributed by atoms with Gasteiger partial charge in [0.1, 0.15) is 4.75 Å². The molecule has 0 radical (unpaired) electrons. The molecule has 0 saturated heterocycles. The summed E-state index contributed by atoms with van der Waals surface area (Å²) in [6, 6.07) is 0. The third kappa shape index (κ3) is 3.52. The minimum Gasteiger partial charge on any atom is -0.480 e. The Labute approximate surface area is 91.5 Å². The molecule has 2 nitrogen and oxygen atoms in total. The molecule has 0 aromatic carbocycles. The van der Waals surface area contributed by atoms with E-state index in [9.17, 15) is 9.90 Å². The molecular formula is C11H22O2S. The van der Waals surface area contributed by atoms with Gasteiger partial charge in [0, 0.05) is 0 Å². The normalized spacial score (nSPS) is 17.4. The van der Waals surface area contributed by atoms with Crippen LogP contribution < -0.4 is 0 Å². The highest BCUT2D eigenvalue weighted by Gasteiger charge is 2.37. The molecule has 0 aliphatic rings. The summed E-state index contributed by atoms with van der Waals surface area (Å²) in [7, 11) is 0. The van der Waals surface area contributed by atoms with Crippen LogP contribution in [-0.4, -0.2) is 21.6 Å². The SMILES string of the molecule is CCSC(CC)(CC(C)CC)C(=O)O. The van der Waals surface area contributed by atoms with Gasteiger partial charge in [0.15, 0.2) is 0 Å². The minimum absolute atomic E-state index is 0.491. The molecule has 0 heterocycles. The van der Waals surface area contributed by atoms with Crippen molar-refractivity contribution in [3.05, 3.63) is 0 Å². The number of thioether (sulfide) groups is 1. The van der Waals surface area contributed by atoms with E-state index in [-0.39, 0.29) is 0 Å². The summed E-state index contributed by atoms with van der Waals surface area (Å²) in [6.45, 7) is 8.24. The maximum Gasteiger partial charge on any atom is 0.319 e. The van der Waals surface area contributed by atoms with Gasteiger partial charge in [-0.1, -0.05) is 34.1 Å². The molecule has 1 N–H and O–H groups in total. The number of aliphatic carboxylic acids is 1. The molecule has 0 aliphatic carbocycles. The molecule has 14 heavy (non-hydrogen) atoms. The Morgan fingerprint density at radius 2 is 2.00 bits per heavy atom. The molecule has 2 atom stereocenters. The summed E-state index contributed by atoms with van der Waals surface area (Å²) < 4.78 is -0.551. The quantitative estimate of drug-likeness (QED) is 0.711. The summed E-state index contributed by atoms with van der Waals surface area (Å²) >= 11 is 1.58. The van der Waals surface area contributed by atoms with Gasteiger partial charge in [-0.2, -0.15) is 0 Å². The Balaban J connectivity index is 4.57. The smallest absolute Gasteiger partial charge is 0.319 e. The van der Waals surface area contributed by atoms with E-state index >= 15 is 0 Å². The molecule has 0 saturated carbocycles. The maximum atomic E-state index is 11.3. The molecule has 0 aliphatic heterocycles. The number of carboxylic acids is 1. The van der Waals surface area contributed by atoms with Crippen LogP contribution in [0.1, 0.15) is 47.0 Å². The average molecular weight is 218 g/mol.